The Balaban J connectivity index is 2.26. The molecule has 1 heterocycles. The van der Waals surface area contributed by atoms with Crippen molar-refractivity contribution in [2.75, 3.05) is 43.3 Å². The number of nitro benzene ring substituents is 1. The molecular formula is C18H26N4O7S. The van der Waals surface area contributed by atoms with Gasteiger partial charge in [0.15, 0.2) is 0 Å². The van der Waals surface area contributed by atoms with Crippen LogP contribution in [0.5, 0.6) is 0 Å². The van der Waals surface area contributed by atoms with Gasteiger partial charge in [-0.3, -0.25) is 19.2 Å². The van der Waals surface area contributed by atoms with Gasteiger partial charge in [0, 0.05) is 38.3 Å². The minimum atomic E-state index is -3.92. The first-order chi connectivity index (χ1) is 14.0. The Bertz CT molecular complexity index is 926. The van der Waals surface area contributed by atoms with Gasteiger partial charge < -0.3 is 14.5 Å². The predicted octanol–water partition coefficient (Wildman–Crippen LogP) is 1.36. The second-order valence-electron chi connectivity index (χ2n) is 6.97. The van der Waals surface area contributed by atoms with E-state index in [0.29, 0.717) is 5.56 Å². The second kappa shape index (κ2) is 9.28. The Morgan fingerprint density at radius 1 is 1.23 bits per heavy atom. The number of hydrogen-bond donors (Lipinski definition) is 0. The zero-order valence-corrected chi connectivity index (χ0v) is 18.2. The van der Waals surface area contributed by atoms with Crippen molar-refractivity contribution >= 4 is 33.4 Å². The normalized spacial score (nSPS) is 15.5. The Morgan fingerprint density at radius 2 is 1.80 bits per heavy atom. The fourth-order valence-corrected chi connectivity index (χ4v) is 4.53. The lowest BCUT2D eigenvalue weighted by molar-refractivity contribution is -0.384. The molecule has 0 saturated carbocycles. The number of carbonyl (C=O) groups is 2. The van der Waals surface area contributed by atoms with Crippen molar-refractivity contribution in [1.82, 2.24) is 9.80 Å². The van der Waals surface area contributed by atoms with E-state index in [1.165, 1.54) is 28.9 Å². The van der Waals surface area contributed by atoms with Gasteiger partial charge >= 0.3 is 6.09 Å². The van der Waals surface area contributed by atoms with E-state index < -0.39 is 33.0 Å². The van der Waals surface area contributed by atoms with E-state index in [0.717, 1.165) is 16.6 Å². The third-order valence-electron chi connectivity index (χ3n) is 4.82. The molecule has 1 aromatic rings. The van der Waals surface area contributed by atoms with Gasteiger partial charge in [0.25, 0.3) is 5.69 Å². The minimum absolute atomic E-state index is 0.0812. The van der Waals surface area contributed by atoms with Crippen molar-refractivity contribution in [3.63, 3.8) is 0 Å². The number of piperazine rings is 1. The molecule has 0 bridgehead atoms. The van der Waals surface area contributed by atoms with Crippen LogP contribution in [0, 0.1) is 17.0 Å². The smallest absolute Gasteiger partial charge is 0.409 e. The number of nitrogens with zero attached hydrogens (tertiary/aromatic N) is 4. The highest BCUT2D eigenvalue weighted by atomic mass is 32.2. The monoisotopic (exact) mass is 442 g/mol. The molecular weight excluding hydrogens is 416 g/mol. The summed E-state index contributed by atoms with van der Waals surface area (Å²) in [5.74, 6) is -0.449. The molecule has 1 fully saturated rings. The number of sulfonamides is 1. The van der Waals surface area contributed by atoms with Crippen molar-refractivity contribution in [1.29, 1.82) is 0 Å². The van der Waals surface area contributed by atoms with E-state index in [2.05, 4.69) is 0 Å². The van der Waals surface area contributed by atoms with E-state index in [9.17, 15) is 28.1 Å². The molecule has 0 radical (unpaired) electrons. The van der Waals surface area contributed by atoms with Gasteiger partial charge in [0.2, 0.25) is 15.9 Å². The van der Waals surface area contributed by atoms with Gasteiger partial charge in [0.05, 0.1) is 23.5 Å². The lowest BCUT2D eigenvalue weighted by Crippen LogP contribution is -2.56. The van der Waals surface area contributed by atoms with Crippen LogP contribution in [-0.4, -0.2) is 80.2 Å². The maximum atomic E-state index is 13.0. The van der Waals surface area contributed by atoms with Gasteiger partial charge in [-0.05, 0) is 26.3 Å². The molecule has 1 aliphatic rings. The van der Waals surface area contributed by atoms with Crippen molar-refractivity contribution in [3.8, 4) is 0 Å². The standard InChI is InChI=1S/C18H26N4O7S/c1-5-29-18(24)20-10-8-19(9-11-20)17(23)14(3)21(30(4,27)28)16-12-15(22(25)26)7-6-13(16)2/h6-7,12,14H,5,8-11H2,1-4H3/t14-/m1/s1. The molecule has 11 nitrogen and oxygen atoms in total. The number of carbonyl (C=O) groups excluding carboxylic acids is 2. The number of ether oxygens (including phenoxy) is 1. The number of anilines is 1. The number of rotatable bonds is 6. The Morgan fingerprint density at radius 3 is 2.30 bits per heavy atom. The van der Waals surface area contributed by atoms with E-state index in [1.54, 1.807) is 13.8 Å². The summed E-state index contributed by atoms with van der Waals surface area (Å²) >= 11 is 0. The molecule has 1 atom stereocenters. The summed E-state index contributed by atoms with van der Waals surface area (Å²) in [6.45, 7) is 6.01. The Labute approximate surface area is 175 Å². The van der Waals surface area contributed by atoms with Gasteiger partial charge in [0.1, 0.15) is 6.04 Å². The fraction of sp³-hybridized carbons (Fsp3) is 0.556. The minimum Gasteiger partial charge on any atom is -0.450 e. The topological polar surface area (TPSA) is 130 Å². The number of aryl methyl sites for hydroxylation is 1. The van der Waals surface area contributed by atoms with Gasteiger partial charge in [-0.1, -0.05) is 6.07 Å². The van der Waals surface area contributed by atoms with Crippen LogP contribution < -0.4 is 4.31 Å². The first kappa shape index (κ1) is 23.4. The van der Waals surface area contributed by atoms with Gasteiger partial charge in [-0.25, -0.2) is 13.2 Å². The van der Waals surface area contributed by atoms with Crippen LogP contribution in [0.4, 0.5) is 16.2 Å². The number of benzene rings is 1. The summed E-state index contributed by atoms with van der Waals surface area (Å²) < 4.78 is 30.9. The first-order valence-corrected chi connectivity index (χ1v) is 11.3. The molecule has 0 unspecified atom stereocenters. The summed E-state index contributed by atoms with van der Waals surface area (Å²) in [4.78, 5) is 38.3. The van der Waals surface area contributed by atoms with Gasteiger partial charge in [-0.2, -0.15) is 0 Å². The Hall–Kier alpha value is -2.89. The lowest BCUT2D eigenvalue weighted by Gasteiger charge is -2.37. The molecule has 2 amide bonds. The average Bonchev–Trinajstić information content (AvgIpc) is 2.68. The van der Waals surface area contributed by atoms with Crippen molar-refractivity contribution in [2.24, 2.45) is 0 Å². The first-order valence-electron chi connectivity index (χ1n) is 9.42. The molecule has 166 valence electrons. The van der Waals surface area contributed by atoms with Crippen LogP contribution in [0.3, 0.4) is 0 Å². The zero-order chi connectivity index (χ0) is 22.6. The quantitative estimate of drug-likeness (QED) is 0.480. The number of non-ortho nitro benzene ring substituents is 1. The van der Waals surface area contributed by atoms with Crippen LogP contribution >= 0.6 is 0 Å². The summed E-state index contributed by atoms with van der Waals surface area (Å²) in [5.41, 5.74) is 0.294. The molecule has 0 aliphatic carbocycles. The van der Waals surface area contributed by atoms with Crippen molar-refractivity contribution in [3.05, 3.63) is 33.9 Å². The molecule has 1 aromatic carbocycles. The maximum Gasteiger partial charge on any atom is 0.409 e. The maximum absolute atomic E-state index is 13.0. The third kappa shape index (κ3) is 5.17. The molecule has 1 saturated heterocycles. The highest BCUT2D eigenvalue weighted by Crippen LogP contribution is 2.29. The second-order valence-corrected chi connectivity index (χ2v) is 8.83. The van der Waals surface area contributed by atoms with E-state index in [4.69, 9.17) is 4.74 Å². The Kier molecular flexibility index (Phi) is 7.24. The summed E-state index contributed by atoms with van der Waals surface area (Å²) in [6, 6.07) is 2.76. The molecule has 0 spiro atoms. The number of amides is 2. The molecule has 0 N–H and O–H groups in total. The van der Waals surface area contributed by atoms with Crippen molar-refractivity contribution in [2.45, 2.75) is 26.8 Å². The van der Waals surface area contributed by atoms with E-state index in [1.807, 2.05) is 0 Å². The summed E-state index contributed by atoms with van der Waals surface area (Å²) in [6.07, 6.45) is 0.496. The van der Waals surface area contributed by atoms with Crippen molar-refractivity contribution < 1.29 is 27.7 Å². The summed E-state index contributed by atoms with van der Waals surface area (Å²) in [5, 5.41) is 11.1. The van der Waals surface area contributed by atoms with Gasteiger partial charge in [-0.15, -0.1) is 0 Å². The zero-order valence-electron chi connectivity index (χ0n) is 17.4. The van der Waals surface area contributed by atoms with Crippen LogP contribution in [0.25, 0.3) is 0 Å². The van der Waals surface area contributed by atoms with E-state index >= 15 is 0 Å². The SMILES string of the molecule is CCOC(=O)N1CCN(C(=O)[C@@H](C)N(c2cc([N+](=O)[O-])ccc2C)S(C)(=O)=O)CC1. The van der Waals surface area contributed by atoms with Crippen LogP contribution in [0.15, 0.2) is 18.2 Å². The van der Waals surface area contributed by atoms with Crippen LogP contribution in [0.1, 0.15) is 19.4 Å². The number of hydrogen-bond acceptors (Lipinski definition) is 7. The largest absolute Gasteiger partial charge is 0.450 e. The van der Waals surface area contributed by atoms with Crippen LogP contribution in [0.2, 0.25) is 0 Å². The lowest BCUT2D eigenvalue weighted by atomic mass is 10.1. The fourth-order valence-electron chi connectivity index (χ4n) is 3.31. The number of nitro groups is 1. The third-order valence-corrected chi connectivity index (χ3v) is 6.05. The molecule has 2 rings (SSSR count). The summed E-state index contributed by atoms with van der Waals surface area (Å²) in [7, 11) is -3.92. The average molecular weight is 442 g/mol. The molecule has 0 aromatic heterocycles. The van der Waals surface area contributed by atoms with E-state index in [-0.39, 0.29) is 44.2 Å². The predicted molar refractivity (Wildman–Crippen MR) is 110 cm³/mol. The molecule has 1 aliphatic heterocycles. The highest BCUT2D eigenvalue weighted by molar-refractivity contribution is 7.92. The van der Waals surface area contributed by atoms with Crippen LogP contribution in [-0.2, 0) is 19.6 Å². The highest BCUT2D eigenvalue weighted by Gasteiger charge is 2.35. The molecule has 30 heavy (non-hydrogen) atoms. The molecule has 12 heteroatoms.